The van der Waals surface area contributed by atoms with E-state index in [1.165, 1.54) is 0 Å². The van der Waals surface area contributed by atoms with Gasteiger partial charge in [-0.3, -0.25) is 0 Å². The molecule has 2 heterocycles. The van der Waals surface area contributed by atoms with Crippen LogP contribution in [0, 0.1) is 13.8 Å². The molecule has 0 spiro atoms. The smallest absolute Gasteiger partial charge is 0.245 e. The van der Waals surface area contributed by atoms with Crippen molar-refractivity contribution in [1.82, 2.24) is 20.0 Å². The van der Waals surface area contributed by atoms with Crippen molar-refractivity contribution in [3.63, 3.8) is 0 Å². The number of hydrogen-bond acceptors (Lipinski definition) is 7. The van der Waals surface area contributed by atoms with Crippen LogP contribution in [0.4, 0.5) is 0 Å². The molecule has 2 aromatic rings. The number of rotatable bonds is 5. The van der Waals surface area contributed by atoms with E-state index in [9.17, 15) is 8.42 Å². The largest absolute Gasteiger partial charge is 0.360 e. The van der Waals surface area contributed by atoms with Crippen molar-refractivity contribution in [2.75, 3.05) is 6.54 Å². The van der Waals surface area contributed by atoms with Crippen LogP contribution in [0.5, 0.6) is 0 Å². The lowest BCUT2D eigenvalue weighted by Crippen LogP contribution is -2.27. The van der Waals surface area contributed by atoms with Crippen molar-refractivity contribution in [2.24, 2.45) is 0 Å². The summed E-state index contributed by atoms with van der Waals surface area (Å²) in [7, 11) is -3.66. The van der Waals surface area contributed by atoms with Crippen LogP contribution in [0.3, 0.4) is 0 Å². The topological polar surface area (TPSA) is 111 Å². The Kier molecular flexibility index (Phi) is 4.39. The Hall–Kier alpha value is -1.74. The Labute approximate surface area is 129 Å². The van der Waals surface area contributed by atoms with Crippen molar-refractivity contribution < 1.29 is 17.5 Å². The highest BCUT2D eigenvalue weighted by molar-refractivity contribution is 7.89. The second-order valence-corrected chi connectivity index (χ2v) is 7.77. The molecule has 0 unspecified atom stereocenters. The fourth-order valence-electron chi connectivity index (χ4n) is 1.89. The van der Waals surface area contributed by atoms with E-state index in [0.29, 0.717) is 23.8 Å². The molecular formula is C13H20N4O4S. The Balaban J connectivity index is 2.01. The highest BCUT2D eigenvalue weighted by Crippen LogP contribution is 2.20. The Morgan fingerprint density at radius 2 is 1.82 bits per heavy atom. The maximum Gasteiger partial charge on any atom is 0.245 e. The SMILES string of the molecule is Cc1noc(C)c1S(=O)(=O)NCCc1noc(C(C)(C)C)n1. The summed E-state index contributed by atoms with van der Waals surface area (Å²) in [5.74, 6) is 1.25. The van der Waals surface area contributed by atoms with Crippen molar-refractivity contribution >= 4 is 10.0 Å². The van der Waals surface area contributed by atoms with Gasteiger partial charge in [-0.25, -0.2) is 13.1 Å². The van der Waals surface area contributed by atoms with Crippen LogP contribution in [0.2, 0.25) is 0 Å². The minimum atomic E-state index is -3.66. The van der Waals surface area contributed by atoms with Crippen LogP contribution in [0.15, 0.2) is 13.9 Å². The molecule has 0 aliphatic carbocycles. The Morgan fingerprint density at radius 3 is 2.32 bits per heavy atom. The standard InChI is InChI=1S/C13H20N4O4S/c1-8-11(9(2)20-16-8)22(18,19)14-7-6-10-15-12(21-17-10)13(3,4)5/h14H,6-7H2,1-5H3. The van der Waals surface area contributed by atoms with E-state index in [0.717, 1.165) is 0 Å². The molecule has 0 fully saturated rings. The van der Waals surface area contributed by atoms with Gasteiger partial charge in [-0.1, -0.05) is 31.1 Å². The average molecular weight is 328 g/mol. The molecule has 0 radical (unpaired) electrons. The van der Waals surface area contributed by atoms with Gasteiger partial charge in [0.1, 0.15) is 10.6 Å². The highest BCUT2D eigenvalue weighted by atomic mass is 32.2. The first kappa shape index (κ1) is 16.6. The second-order valence-electron chi connectivity index (χ2n) is 6.07. The molecule has 0 aliphatic rings. The van der Waals surface area contributed by atoms with Gasteiger partial charge >= 0.3 is 0 Å². The normalized spacial score (nSPS) is 12.8. The predicted octanol–water partition coefficient (Wildman–Crippen LogP) is 1.49. The highest BCUT2D eigenvalue weighted by Gasteiger charge is 2.24. The lowest BCUT2D eigenvalue weighted by atomic mass is 9.97. The zero-order valence-electron chi connectivity index (χ0n) is 13.3. The first-order valence-electron chi connectivity index (χ1n) is 6.87. The minimum Gasteiger partial charge on any atom is -0.360 e. The molecule has 0 aromatic carbocycles. The fraction of sp³-hybridized carbons (Fsp3) is 0.615. The van der Waals surface area contributed by atoms with Gasteiger partial charge in [0.15, 0.2) is 11.6 Å². The maximum absolute atomic E-state index is 12.2. The summed E-state index contributed by atoms with van der Waals surface area (Å²) in [4.78, 5) is 4.34. The molecular weight excluding hydrogens is 308 g/mol. The summed E-state index contributed by atoms with van der Waals surface area (Å²) in [6.07, 6.45) is 0.336. The van der Waals surface area contributed by atoms with Gasteiger partial charge in [-0.05, 0) is 13.8 Å². The molecule has 0 aliphatic heterocycles. The molecule has 122 valence electrons. The molecule has 0 amide bonds. The maximum atomic E-state index is 12.2. The first-order chi connectivity index (χ1) is 10.1. The Bertz CT molecular complexity index is 736. The number of hydrogen-bond donors (Lipinski definition) is 1. The van der Waals surface area contributed by atoms with Gasteiger partial charge in [0.05, 0.1) is 0 Å². The van der Waals surface area contributed by atoms with E-state index in [2.05, 4.69) is 20.0 Å². The summed E-state index contributed by atoms with van der Waals surface area (Å²) in [6.45, 7) is 9.19. The van der Waals surface area contributed by atoms with Crippen LogP contribution in [-0.4, -0.2) is 30.3 Å². The van der Waals surface area contributed by atoms with Crippen LogP contribution < -0.4 is 4.72 Å². The summed E-state index contributed by atoms with van der Waals surface area (Å²) in [5, 5.41) is 7.49. The lowest BCUT2D eigenvalue weighted by molar-refractivity contribution is 0.318. The van der Waals surface area contributed by atoms with Crippen LogP contribution in [-0.2, 0) is 21.9 Å². The molecule has 9 heteroatoms. The Morgan fingerprint density at radius 1 is 1.14 bits per heavy atom. The number of nitrogens with zero attached hydrogens (tertiary/aromatic N) is 3. The van der Waals surface area contributed by atoms with E-state index in [1.807, 2.05) is 20.8 Å². The molecule has 0 bridgehead atoms. The van der Waals surface area contributed by atoms with E-state index >= 15 is 0 Å². The molecule has 2 aromatic heterocycles. The second kappa shape index (κ2) is 5.81. The number of aryl methyl sites for hydroxylation is 2. The zero-order chi connectivity index (χ0) is 16.5. The number of sulfonamides is 1. The van der Waals surface area contributed by atoms with Crippen molar-refractivity contribution in [3.8, 4) is 0 Å². The molecule has 0 saturated carbocycles. The molecule has 1 N–H and O–H groups in total. The van der Waals surface area contributed by atoms with Crippen LogP contribution in [0.25, 0.3) is 0 Å². The summed E-state index contributed by atoms with van der Waals surface area (Å²) in [6, 6.07) is 0. The van der Waals surface area contributed by atoms with Gasteiger partial charge in [0.2, 0.25) is 15.9 Å². The van der Waals surface area contributed by atoms with Crippen molar-refractivity contribution in [3.05, 3.63) is 23.2 Å². The molecule has 0 atom stereocenters. The third-order valence-electron chi connectivity index (χ3n) is 2.99. The molecule has 2 rings (SSSR count). The number of nitrogens with one attached hydrogen (secondary N) is 1. The third kappa shape index (κ3) is 3.53. The predicted molar refractivity (Wildman–Crippen MR) is 77.9 cm³/mol. The first-order valence-corrected chi connectivity index (χ1v) is 8.35. The monoisotopic (exact) mass is 328 g/mol. The van der Waals surface area contributed by atoms with Gasteiger partial charge in [-0.15, -0.1) is 0 Å². The molecule has 22 heavy (non-hydrogen) atoms. The van der Waals surface area contributed by atoms with Gasteiger partial charge < -0.3 is 9.05 Å². The van der Waals surface area contributed by atoms with Gasteiger partial charge in [-0.2, -0.15) is 4.98 Å². The number of aromatic nitrogens is 3. The van der Waals surface area contributed by atoms with E-state index < -0.39 is 10.0 Å². The summed E-state index contributed by atoms with van der Waals surface area (Å²) >= 11 is 0. The molecule has 0 saturated heterocycles. The zero-order valence-corrected chi connectivity index (χ0v) is 14.1. The quantitative estimate of drug-likeness (QED) is 0.885. The van der Waals surface area contributed by atoms with E-state index in [-0.39, 0.29) is 22.6 Å². The van der Waals surface area contributed by atoms with Crippen molar-refractivity contribution in [1.29, 1.82) is 0 Å². The fourth-order valence-corrected chi connectivity index (χ4v) is 3.24. The van der Waals surface area contributed by atoms with Crippen molar-refractivity contribution in [2.45, 2.75) is 51.3 Å². The van der Waals surface area contributed by atoms with Crippen LogP contribution >= 0.6 is 0 Å². The van der Waals surface area contributed by atoms with Gasteiger partial charge in [0, 0.05) is 18.4 Å². The van der Waals surface area contributed by atoms with E-state index in [1.54, 1.807) is 13.8 Å². The minimum absolute atomic E-state index is 0.0796. The lowest BCUT2D eigenvalue weighted by Gasteiger charge is -2.10. The third-order valence-corrected chi connectivity index (χ3v) is 4.69. The summed E-state index contributed by atoms with van der Waals surface area (Å²) < 4.78 is 37.0. The van der Waals surface area contributed by atoms with Gasteiger partial charge in [0.25, 0.3) is 0 Å². The van der Waals surface area contributed by atoms with Crippen LogP contribution in [0.1, 0.15) is 43.9 Å². The molecule has 8 nitrogen and oxygen atoms in total. The van der Waals surface area contributed by atoms with E-state index in [4.69, 9.17) is 9.05 Å². The average Bonchev–Trinajstić information content (AvgIpc) is 2.96. The summed E-state index contributed by atoms with van der Waals surface area (Å²) in [5.41, 5.74) is 0.0983.